The molecule has 0 radical (unpaired) electrons. The van der Waals surface area contributed by atoms with Crippen molar-refractivity contribution in [3.05, 3.63) is 43.6 Å². The molecule has 2 rings (SSSR count). The molecule has 0 spiro atoms. The maximum atomic E-state index is 13.2. The Balaban J connectivity index is 2.38. The van der Waals surface area contributed by atoms with Crippen LogP contribution in [0.15, 0.2) is 22.1 Å². The number of hydrogen-bond acceptors (Lipinski definition) is 6. The third-order valence-corrected chi connectivity index (χ3v) is 3.65. The first-order valence-electron chi connectivity index (χ1n) is 5.04. The highest BCUT2D eigenvalue weighted by molar-refractivity contribution is 9.11. The second-order valence-corrected chi connectivity index (χ2v) is 5.98. The van der Waals surface area contributed by atoms with Gasteiger partial charge in [-0.2, -0.15) is 0 Å². The van der Waals surface area contributed by atoms with E-state index in [0.29, 0.717) is 9.85 Å². The summed E-state index contributed by atoms with van der Waals surface area (Å²) in [6.45, 7) is 0. The number of carbonyl (C=O) groups excluding carboxylic acids is 1. The molecule has 0 aliphatic carbocycles. The van der Waals surface area contributed by atoms with Gasteiger partial charge in [-0.3, -0.25) is 20.2 Å². The number of carbonyl (C=O) groups is 1. The Kier molecular flexibility index (Phi) is 3.95. The predicted molar refractivity (Wildman–Crippen MR) is 75.2 cm³/mol. The smallest absolute Gasteiger partial charge is 0.285 e. The highest BCUT2D eigenvalue weighted by Gasteiger charge is 2.23. The fourth-order valence-corrected chi connectivity index (χ4v) is 2.49. The highest BCUT2D eigenvalue weighted by Crippen LogP contribution is 2.27. The molecule has 10 heteroatoms. The number of hydrogen-bond donors (Lipinski definition) is 2. The fraction of sp³-hybridized carbons (Fsp3) is 0. The number of nitro groups is 1. The van der Waals surface area contributed by atoms with Crippen LogP contribution in [-0.2, 0) is 0 Å². The largest absolute Gasteiger partial charge is 0.396 e. The summed E-state index contributed by atoms with van der Waals surface area (Å²) in [5.74, 6) is -1.74. The van der Waals surface area contributed by atoms with Crippen LogP contribution in [0, 0.1) is 15.9 Å². The Morgan fingerprint density at radius 2 is 2.25 bits per heavy atom. The number of nitrogens with one attached hydrogen (secondary N) is 1. The zero-order valence-electron chi connectivity index (χ0n) is 9.59. The fourth-order valence-electron chi connectivity index (χ4n) is 1.39. The van der Waals surface area contributed by atoms with Gasteiger partial charge in [-0.05, 0) is 22.0 Å². The van der Waals surface area contributed by atoms with Crippen LogP contribution >= 0.6 is 27.3 Å². The number of benzene rings is 1. The van der Waals surface area contributed by atoms with Crippen molar-refractivity contribution in [3.63, 3.8) is 0 Å². The Bertz CT molecular complexity index is 706. The third kappa shape index (κ3) is 2.91. The van der Waals surface area contributed by atoms with E-state index < -0.39 is 22.3 Å². The molecule has 1 heterocycles. The molecule has 20 heavy (non-hydrogen) atoms. The summed E-state index contributed by atoms with van der Waals surface area (Å²) < 4.78 is 13.9. The lowest BCUT2D eigenvalue weighted by atomic mass is 10.1. The maximum absolute atomic E-state index is 13.2. The number of anilines is 2. The second kappa shape index (κ2) is 5.51. The molecule has 0 bridgehead atoms. The zero-order chi connectivity index (χ0) is 14.9. The van der Waals surface area contributed by atoms with Crippen molar-refractivity contribution in [3.8, 4) is 0 Å². The van der Waals surface area contributed by atoms with Crippen molar-refractivity contribution in [2.75, 3.05) is 11.1 Å². The monoisotopic (exact) mass is 360 g/mol. The van der Waals surface area contributed by atoms with E-state index in [1.165, 1.54) is 6.20 Å². The molecule has 0 fully saturated rings. The first-order chi connectivity index (χ1) is 9.38. The van der Waals surface area contributed by atoms with Gasteiger partial charge in [-0.25, -0.2) is 9.37 Å². The zero-order valence-corrected chi connectivity index (χ0v) is 12.0. The molecule has 104 valence electrons. The Labute approximate surface area is 123 Å². The quantitative estimate of drug-likeness (QED) is 0.496. The number of amides is 1. The molecular weight excluding hydrogens is 355 g/mol. The van der Waals surface area contributed by atoms with Gasteiger partial charge in [-0.15, -0.1) is 0 Å². The molecule has 0 saturated carbocycles. The number of thiazole rings is 1. The van der Waals surface area contributed by atoms with Gasteiger partial charge in [0.1, 0.15) is 5.56 Å². The van der Waals surface area contributed by atoms with Crippen LogP contribution in [0.4, 0.5) is 20.9 Å². The Hall–Kier alpha value is -2.07. The first kappa shape index (κ1) is 14.3. The minimum atomic E-state index is -0.953. The van der Waals surface area contributed by atoms with Crippen LogP contribution in [0.2, 0.25) is 0 Å². The average molecular weight is 361 g/mol. The van der Waals surface area contributed by atoms with Gasteiger partial charge in [0.15, 0.2) is 10.9 Å². The topological polar surface area (TPSA) is 111 Å². The molecule has 0 aliphatic rings. The molecule has 0 aliphatic heterocycles. The summed E-state index contributed by atoms with van der Waals surface area (Å²) in [5, 5.41) is 13.5. The van der Waals surface area contributed by atoms with Crippen LogP contribution in [0.25, 0.3) is 0 Å². The Morgan fingerprint density at radius 3 is 2.80 bits per heavy atom. The lowest BCUT2D eigenvalue weighted by Gasteiger charge is -2.05. The van der Waals surface area contributed by atoms with E-state index in [1.54, 1.807) is 0 Å². The number of nitro benzene ring substituents is 1. The van der Waals surface area contributed by atoms with E-state index in [4.69, 9.17) is 5.73 Å². The second-order valence-electron chi connectivity index (χ2n) is 3.57. The van der Waals surface area contributed by atoms with Gasteiger partial charge >= 0.3 is 0 Å². The van der Waals surface area contributed by atoms with Crippen molar-refractivity contribution >= 4 is 49.7 Å². The van der Waals surface area contributed by atoms with Gasteiger partial charge in [0.2, 0.25) is 0 Å². The Morgan fingerprint density at radius 1 is 1.55 bits per heavy atom. The van der Waals surface area contributed by atoms with E-state index in [2.05, 4.69) is 26.2 Å². The number of nitrogen functional groups attached to an aromatic ring is 1. The van der Waals surface area contributed by atoms with E-state index in [1.807, 2.05) is 0 Å². The molecule has 0 atom stereocenters. The molecule has 1 amide bonds. The third-order valence-electron chi connectivity index (χ3n) is 2.25. The SMILES string of the molecule is Nc1cc(C(=O)Nc2ncc(Br)s2)c([N+](=O)[O-])cc1F. The number of rotatable bonds is 3. The summed E-state index contributed by atoms with van der Waals surface area (Å²) in [4.78, 5) is 25.8. The molecule has 7 nitrogen and oxygen atoms in total. The first-order valence-corrected chi connectivity index (χ1v) is 6.65. The number of aromatic nitrogens is 1. The van der Waals surface area contributed by atoms with E-state index in [0.717, 1.165) is 17.4 Å². The number of nitrogens with two attached hydrogens (primary N) is 1. The van der Waals surface area contributed by atoms with Crippen molar-refractivity contribution in [1.82, 2.24) is 4.98 Å². The van der Waals surface area contributed by atoms with Gasteiger partial charge < -0.3 is 5.73 Å². The van der Waals surface area contributed by atoms with Gasteiger partial charge in [0.25, 0.3) is 11.6 Å². The molecule has 0 unspecified atom stereocenters. The molecule has 2 aromatic rings. The van der Waals surface area contributed by atoms with E-state index in [9.17, 15) is 19.3 Å². The molecular formula is C10H6BrFN4O3S. The summed E-state index contributed by atoms with van der Waals surface area (Å²) in [7, 11) is 0. The van der Waals surface area contributed by atoms with Gasteiger partial charge in [0.05, 0.1) is 26.7 Å². The lowest BCUT2D eigenvalue weighted by molar-refractivity contribution is -0.385. The van der Waals surface area contributed by atoms with Gasteiger partial charge in [0, 0.05) is 0 Å². The highest BCUT2D eigenvalue weighted by atomic mass is 79.9. The summed E-state index contributed by atoms with van der Waals surface area (Å²) in [6, 6.07) is 1.54. The van der Waals surface area contributed by atoms with Crippen LogP contribution in [-0.4, -0.2) is 15.8 Å². The molecule has 3 N–H and O–H groups in total. The molecule has 0 saturated heterocycles. The summed E-state index contributed by atoms with van der Waals surface area (Å²) in [5.41, 5.74) is 3.99. The van der Waals surface area contributed by atoms with Crippen molar-refractivity contribution in [2.45, 2.75) is 0 Å². The van der Waals surface area contributed by atoms with Crippen LogP contribution in [0.3, 0.4) is 0 Å². The van der Waals surface area contributed by atoms with Crippen molar-refractivity contribution in [2.24, 2.45) is 0 Å². The van der Waals surface area contributed by atoms with Crippen LogP contribution in [0.5, 0.6) is 0 Å². The lowest BCUT2D eigenvalue weighted by Crippen LogP contribution is -2.14. The summed E-state index contributed by atoms with van der Waals surface area (Å²) in [6.07, 6.45) is 1.47. The summed E-state index contributed by atoms with van der Waals surface area (Å²) >= 11 is 4.29. The average Bonchev–Trinajstić information content (AvgIpc) is 2.77. The van der Waals surface area contributed by atoms with Crippen molar-refractivity contribution in [1.29, 1.82) is 0 Å². The van der Waals surface area contributed by atoms with E-state index in [-0.39, 0.29) is 16.4 Å². The van der Waals surface area contributed by atoms with Gasteiger partial charge in [-0.1, -0.05) is 11.3 Å². The molecule has 1 aromatic heterocycles. The van der Waals surface area contributed by atoms with Crippen LogP contribution in [0.1, 0.15) is 10.4 Å². The number of nitrogens with zero attached hydrogens (tertiary/aromatic N) is 2. The van der Waals surface area contributed by atoms with E-state index >= 15 is 0 Å². The number of halogens is 2. The predicted octanol–water partition coefficient (Wildman–Crippen LogP) is 2.79. The minimum Gasteiger partial charge on any atom is -0.396 e. The molecule has 1 aromatic carbocycles. The van der Waals surface area contributed by atoms with Crippen LogP contribution < -0.4 is 11.1 Å². The maximum Gasteiger partial charge on any atom is 0.285 e. The minimum absolute atomic E-state index is 0.249. The standard InChI is InChI=1S/C10H6BrFN4O3S/c11-8-3-14-10(20-8)15-9(17)4-1-6(13)5(12)2-7(4)16(18)19/h1-3H,13H2,(H,14,15,17). The normalized spacial score (nSPS) is 10.3. The van der Waals surface area contributed by atoms with Crippen molar-refractivity contribution < 1.29 is 14.1 Å².